The van der Waals surface area contributed by atoms with E-state index in [0.29, 0.717) is 5.82 Å². The minimum Gasteiger partial charge on any atom is -0.263 e. The standard InChI is InChI=1S/C20H20N2O2S2/c1-3-25-18-11-7-16(8-12-18)17-9-13-19(14-10-17)26(23,24)22-20-6-4-5-15(2)21-20/h4-14H,3H2,1-2H3,(H,21,22). The van der Waals surface area contributed by atoms with Gasteiger partial charge in [-0.15, -0.1) is 11.8 Å². The van der Waals surface area contributed by atoms with Gasteiger partial charge in [-0.25, -0.2) is 13.4 Å². The van der Waals surface area contributed by atoms with Crippen molar-refractivity contribution >= 4 is 27.6 Å². The summed E-state index contributed by atoms with van der Waals surface area (Å²) in [6.45, 7) is 3.94. The fraction of sp³-hybridized carbons (Fsp3) is 0.150. The van der Waals surface area contributed by atoms with Gasteiger partial charge in [-0.3, -0.25) is 4.72 Å². The highest BCUT2D eigenvalue weighted by molar-refractivity contribution is 7.99. The van der Waals surface area contributed by atoms with E-state index in [9.17, 15) is 8.42 Å². The Labute approximate surface area is 158 Å². The minimum absolute atomic E-state index is 0.211. The van der Waals surface area contributed by atoms with E-state index < -0.39 is 10.0 Å². The molecule has 134 valence electrons. The van der Waals surface area contributed by atoms with E-state index in [1.54, 1.807) is 36.0 Å². The molecule has 0 spiro atoms. The average Bonchev–Trinajstić information content (AvgIpc) is 2.62. The smallest absolute Gasteiger partial charge is 0.263 e. The first-order valence-corrected chi connectivity index (χ1v) is 10.7. The molecule has 26 heavy (non-hydrogen) atoms. The third kappa shape index (κ3) is 4.45. The van der Waals surface area contributed by atoms with Crippen LogP contribution in [-0.4, -0.2) is 19.2 Å². The second-order valence-electron chi connectivity index (χ2n) is 5.75. The molecule has 0 bridgehead atoms. The van der Waals surface area contributed by atoms with Gasteiger partial charge in [-0.2, -0.15) is 0 Å². The minimum atomic E-state index is -3.66. The highest BCUT2D eigenvalue weighted by Crippen LogP contribution is 2.25. The van der Waals surface area contributed by atoms with Crippen molar-refractivity contribution < 1.29 is 8.42 Å². The second-order valence-corrected chi connectivity index (χ2v) is 8.77. The molecule has 0 saturated carbocycles. The lowest BCUT2D eigenvalue weighted by Crippen LogP contribution is -2.14. The summed E-state index contributed by atoms with van der Waals surface area (Å²) in [6.07, 6.45) is 0. The van der Waals surface area contributed by atoms with Gasteiger partial charge in [0.2, 0.25) is 0 Å². The summed E-state index contributed by atoms with van der Waals surface area (Å²) >= 11 is 1.79. The first-order valence-electron chi connectivity index (χ1n) is 8.28. The molecule has 2 aromatic carbocycles. The Morgan fingerprint density at radius 2 is 1.54 bits per heavy atom. The zero-order chi connectivity index (χ0) is 18.6. The van der Waals surface area contributed by atoms with E-state index in [0.717, 1.165) is 22.6 Å². The first kappa shape index (κ1) is 18.5. The fourth-order valence-corrected chi connectivity index (χ4v) is 4.20. The predicted molar refractivity (Wildman–Crippen MR) is 108 cm³/mol. The number of aromatic nitrogens is 1. The zero-order valence-electron chi connectivity index (χ0n) is 14.6. The Hall–Kier alpha value is -2.31. The van der Waals surface area contributed by atoms with Crippen LogP contribution in [0.1, 0.15) is 12.6 Å². The number of thioether (sulfide) groups is 1. The number of pyridine rings is 1. The van der Waals surface area contributed by atoms with Crippen LogP contribution in [0, 0.1) is 6.92 Å². The van der Waals surface area contributed by atoms with Crippen molar-refractivity contribution in [2.24, 2.45) is 0 Å². The van der Waals surface area contributed by atoms with Crippen LogP contribution >= 0.6 is 11.8 Å². The van der Waals surface area contributed by atoms with Crippen LogP contribution in [0.3, 0.4) is 0 Å². The van der Waals surface area contributed by atoms with Crippen LogP contribution in [0.15, 0.2) is 76.5 Å². The van der Waals surface area contributed by atoms with Gasteiger partial charge in [-0.05, 0) is 60.2 Å². The van der Waals surface area contributed by atoms with Gasteiger partial charge in [-0.1, -0.05) is 37.3 Å². The lowest BCUT2D eigenvalue weighted by Gasteiger charge is -2.09. The van der Waals surface area contributed by atoms with E-state index in [2.05, 4.69) is 40.9 Å². The van der Waals surface area contributed by atoms with Crippen molar-refractivity contribution in [3.63, 3.8) is 0 Å². The van der Waals surface area contributed by atoms with Crippen LogP contribution in [0.5, 0.6) is 0 Å². The Balaban J connectivity index is 1.80. The van der Waals surface area contributed by atoms with E-state index >= 15 is 0 Å². The van der Waals surface area contributed by atoms with Gasteiger partial charge in [0.1, 0.15) is 5.82 Å². The van der Waals surface area contributed by atoms with Crippen molar-refractivity contribution in [1.29, 1.82) is 0 Å². The molecule has 0 aliphatic carbocycles. The molecule has 3 aromatic rings. The molecule has 3 rings (SSSR count). The Morgan fingerprint density at radius 1 is 0.923 bits per heavy atom. The number of anilines is 1. The van der Waals surface area contributed by atoms with Crippen molar-refractivity contribution in [2.45, 2.75) is 23.6 Å². The Kier molecular flexibility index (Phi) is 5.64. The quantitative estimate of drug-likeness (QED) is 0.610. The van der Waals surface area contributed by atoms with Gasteiger partial charge in [0, 0.05) is 10.6 Å². The lowest BCUT2D eigenvalue weighted by atomic mass is 10.1. The van der Waals surface area contributed by atoms with Crippen molar-refractivity contribution in [2.75, 3.05) is 10.5 Å². The van der Waals surface area contributed by atoms with Gasteiger partial charge < -0.3 is 0 Å². The van der Waals surface area contributed by atoms with Crippen molar-refractivity contribution in [3.05, 3.63) is 72.4 Å². The van der Waals surface area contributed by atoms with Crippen LogP contribution in [0.2, 0.25) is 0 Å². The molecule has 4 nitrogen and oxygen atoms in total. The van der Waals surface area contributed by atoms with Crippen LogP contribution < -0.4 is 4.72 Å². The number of nitrogens with zero attached hydrogens (tertiary/aromatic N) is 1. The monoisotopic (exact) mass is 384 g/mol. The lowest BCUT2D eigenvalue weighted by molar-refractivity contribution is 0.601. The summed E-state index contributed by atoms with van der Waals surface area (Å²) in [5.41, 5.74) is 2.79. The molecule has 0 saturated heterocycles. The molecule has 0 radical (unpaired) electrons. The number of hydrogen-bond donors (Lipinski definition) is 1. The summed E-state index contributed by atoms with van der Waals surface area (Å²) in [4.78, 5) is 5.62. The molecule has 1 N–H and O–H groups in total. The van der Waals surface area contributed by atoms with Crippen LogP contribution in [0.25, 0.3) is 11.1 Å². The maximum Gasteiger partial charge on any atom is 0.263 e. The number of benzene rings is 2. The highest BCUT2D eigenvalue weighted by atomic mass is 32.2. The molecule has 0 amide bonds. The summed E-state index contributed by atoms with van der Waals surface area (Å²) < 4.78 is 27.6. The Bertz CT molecular complexity index is 983. The molecular weight excluding hydrogens is 364 g/mol. The van der Waals surface area contributed by atoms with Crippen LogP contribution in [0.4, 0.5) is 5.82 Å². The van der Waals surface area contributed by atoms with E-state index in [4.69, 9.17) is 0 Å². The maximum absolute atomic E-state index is 12.5. The normalized spacial score (nSPS) is 11.3. The largest absolute Gasteiger partial charge is 0.263 e. The number of nitrogens with one attached hydrogen (secondary N) is 1. The second kappa shape index (κ2) is 7.93. The fourth-order valence-electron chi connectivity index (χ4n) is 2.53. The third-order valence-corrected chi connectivity index (χ3v) is 6.06. The zero-order valence-corrected chi connectivity index (χ0v) is 16.3. The van der Waals surface area contributed by atoms with Crippen molar-refractivity contribution in [3.8, 4) is 11.1 Å². The maximum atomic E-state index is 12.5. The topological polar surface area (TPSA) is 59.1 Å². The average molecular weight is 385 g/mol. The number of aryl methyl sites for hydroxylation is 1. The molecule has 0 unspecified atom stereocenters. The highest BCUT2D eigenvalue weighted by Gasteiger charge is 2.15. The number of rotatable bonds is 6. The van der Waals surface area contributed by atoms with Gasteiger partial charge in [0.25, 0.3) is 10.0 Å². The Morgan fingerprint density at radius 3 is 2.12 bits per heavy atom. The molecule has 1 aromatic heterocycles. The number of sulfonamides is 1. The van der Waals surface area contributed by atoms with Gasteiger partial charge in [0.15, 0.2) is 0 Å². The predicted octanol–water partition coefficient (Wildman–Crippen LogP) is 4.97. The van der Waals surface area contributed by atoms with E-state index in [-0.39, 0.29) is 4.90 Å². The van der Waals surface area contributed by atoms with Crippen molar-refractivity contribution in [1.82, 2.24) is 4.98 Å². The summed E-state index contributed by atoms with van der Waals surface area (Å²) in [7, 11) is -3.66. The van der Waals surface area contributed by atoms with Gasteiger partial charge in [0.05, 0.1) is 4.90 Å². The first-order chi connectivity index (χ1) is 12.5. The molecule has 0 atom stereocenters. The van der Waals surface area contributed by atoms with Gasteiger partial charge >= 0.3 is 0 Å². The molecule has 6 heteroatoms. The van der Waals surface area contributed by atoms with E-state index in [1.165, 1.54) is 4.90 Å². The molecule has 0 aliphatic rings. The number of hydrogen-bond acceptors (Lipinski definition) is 4. The SMILES string of the molecule is CCSc1ccc(-c2ccc(S(=O)(=O)Nc3cccc(C)n3)cc2)cc1. The molecule has 0 fully saturated rings. The molecule has 1 heterocycles. The summed E-state index contributed by atoms with van der Waals surface area (Å²) in [6, 6.07) is 20.4. The summed E-state index contributed by atoms with van der Waals surface area (Å²) in [5, 5.41) is 0. The third-order valence-electron chi connectivity index (χ3n) is 3.79. The summed E-state index contributed by atoms with van der Waals surface area (Å²) in [5.74, 6) is 1.35. The van der Waals surface area contributed by atoms with Crippen LogP contribution in [-0.2, 0) is 10.0 Å². The molecule has 0 aliphatic heterocycles. The van der Waals surface area contributed by atoms with E-state index in [1.807, 2.05) is 25.1 Å². The molecular formula is C20H20N2O2S2.